The molecule has 1 nitrogen and oxygen atoms in total. The van der Waals surface area contributed by atoms with E-state index in [1.165, 1.54) is 37.7 Å². The van der Waals surface area contributed by atoms with Gasteiger partial charge in [-0.2, -0.15) is 0 Å². The largest absolute Gasteiger partial charge is 0.310 e. The molecule has 1 saturated carbocycles. The Balaban J connectivity index is 1.90. The van der Waals surface area contributed by atoms with Crippen molar-refractivity contribution < 1.29 is 0 Å². The zero-order valence-electron chi connectivity index (χ0n) is 13.7. The average Bonchev–Trinajstić information content (AvgIpc) is 2.61. The van der Waals surface area contributed by atoms with Gasteiger partial charge in [-0.05, 0) is 24.3 Å². The second-order valence-electron chi connectivity index (χ2n) is 7.55. The van der Waals surface area contributed by atoms with Crippen molar-refractivity contribution in [2.24, 2.45) is 5.92 Å². The first-order valence-electron chi connectivity index (χ1n) is 8.29. The van der Waals surface area contributed by atoms with Crippen molar-refractivity contribution in [2.75, 3.05) is 0 Å². The van der Waals surface area contributed by atoms with Gasteiger partial charge in [0.25, 0.3) is 0 Å². The summed E-state index contributed by atoms with van der Waals surface area (Å²) in [6.07, 6.45) is 6.99. The van der Waals surface area contributed by atoms with Gasteiger partial charge in [0.2, 0.25) is 0 Å². The van der Waals surface area contributed by atoms with Gasteiger partial charge in [0, 0.05) is 12.6 Å². The highest BCUT2D eigenvalue weighted by Gasteiger charge is 2.19. The van der Waals surface area contributed by atoms with Gasteiger partial charge in [0.15, 0.2) is 0 Å². The predicted molar refractivity (Wildman–Crippen MR) is 92.3 cm³/mol. The highest BCUT2D eigenvalue weighted by atomic mass is 28.3. The Labute approximate surface area is 126 Å². The number of hydrogen-bond donors (Lipinski definition) is 1. The van der Waals surface area contributed by atoms with Crippen LogP contribution in [0.3, 0.4) is 0 Å². The van der Waals surface area contributed by atoms with Crippen molar-refractivity contribution in [3.63, 3.8) is 0 Å². The molecule has 112 valence electrons. The lowest BCUT2D eigenvalue weighted by Crippen LogP contribution is -2.37. The first kappa shape index (κ1) is 15.8. The second kappa shape index (κ2) is 6.90. The second-order valence-corrected chi connectivity index (χ2v) is 12.6. The lowest BCUT2D eigenvalue weighted by atomic mass is 9.97. The third-order valence-corrected chi connectivity index (χ3v) is 6.82. The fourth-order valence-electron chi connectivity index (χ4n) is 3.17. The van der Waals surface area contributed by atoms with Crippen LogP contribution in [-0.4, -0.2) is 14.1 Å². The molecular formula is C18H31NSi. The molecular weight excluding hydrogens is 258 g/mol. The molecule has 0 bridgehead atoms. The Morgan fingerprint density at radius 2 is 1.65 bits per heavy atom. The molecule has 0 aromatic heterocycles. The molecule has 0 amide bonds. The summed E-state index contributed by atoms with van der Waals surface area (Å²) in [6, 6.07) is 10.1. The summed E-state index contributed by atoms with van der Waals surface area (Å²) in [7, 11) is -1.15. The maximum atomic E-state index is 3.80. The summed E-state index contributed by atoms with van der Waals surface area (Å²) in [4.78, 5) is 0. The van der Waals surface area contributed by atoms with Gasteiger partial charge in [0.1, 0.15) is 0 Å². The van der Waals surface area contributed by atoms with Crippen molar-refractivity contribution in [1.29, 1.82) is 0 Å². The molecule has 0 aliphatic heterocycles. The van der Waals surface area contributed by atoms with Crippen LogP contribution in [0.1, 0.15) is 44.6 Å². The van der Waals surface area contributed by atoms with E-state index in [2.05, 4.69) is 56.1 Å². The van der Waals surface area contributed by atoms with E-state index in [9.17, 15) is 0 Å². The van der Waals surface area contributed by atoms with Crippen LogP contribution in [0.5, 0.6) is 0 Å². The van der Waals surface area contributed by atoms with E-state index < -0.39 is 8.07 Å². The molecule has 1 fully saturated rings. The molecule has 1 aromatic carbocycles. The van der Waals surface area contributed by atoms with Gasteiger partial charge in [-0.15, -0.1) is 0 Å². The van der Waals surface area contributed by atoms with Crippen LogP contribution in [0.25, 0.3) is 0 Å². The maximum absolute atomic E-state index is 3.80. The van der Waals surface area contributed by atoms with Crippen LogP contribution in [0.2, 0.25) is 19.6 Å². The molecule has 1 aliphatic rings. The fraction of sp³-hybridized carbons (Fsp3) is 0.667. The molecule has 2 unspecified atom stereocenters. The molecule has 0 spiro atoms. The molecule has 1 N–H and O–H groups in total. The molecule has 2 rings (SSSR count). The van der Waals surface area contributed by atoms with Crippen molar-refractivity contribution >= 4 is 13.3 Å². The zero-order valence-corrected chi connectivity index (χ0v) is 14.7. The zero-order chi connectivity index (χ0) is 14.6. The van der Waals surface area contributed by atoms with E-state index >= 15 is 0 Å². The van der Waals surface area contributed by atoms with Crippen LogP contribution in [-0.2, 0) is 6.54 Å². The van der Waals surface area contributed by atoms with Gasteiger partial charge in [0.05, 0.1) is 8.07 Å². The quantitative estimate of drug-likeness (QED) is 0.644. The minimum atomic E-state index is -1.15. The van der Waals surface area contributed by atoms with Crippen molar-refractivity contribution in [3.8, 4) is 0 Å². The standard InChI is InChI=1S/C18H31NSi/c1-15-8-6-5-7-9-18(15)19-14-16-10-12-17(13-11-16)20(2,3)4/h10-13,15,18-19H,5-9,14H2,1-4H3. The van der Waals surface area contributed by atoms with Gasteiger partial charge in [-0.3, -0.25) is 0 Å². The molecule has 2 heteroatoms. The van der Waals surface area contributed by atoms with Crippen LogP contribution in [0.15, 0.2) is 24.3 Å². The van der Waals surface area contributed by atoms with Crippen LogP contribution in [0, 0.1) is 5.92 Å². The number of rotatable bonds is 4. The third kappa shape index (κ3) is 4.46. The summed E-state index contributed by atoms with van der Waals surface area (Å²) in [5.74, 6) is 0.832. The van der Waals surface area contributed by atoms with Gasteiger partial charge in [-0.1, -0.05) is 75.3 Å². The summed E-state index contributed by atoms with van der Waals surface area (Å²) >= 11 is 0. The van der Waals surface area contributed by atoms with E-state index in [0.717, 1.165) is 12.5 Å². The molecule has 0 saturated heterocycles. The lowest BCUT2D eigenvalue weighted by molar-refractivity contribution is 0.356. The SMILES string of the molecule is CC1CCCCCC1NCc1ccc([Si](C)(C)C)cc1. The summed E-state index contributed by atoms with van der Waals surface area (Å²) in [5, 5.41) is 5.36. The fourth-order valence-corrected chi connectivity index (χ4v) is 4.33. The van der Waals surface area contributed by atoms with E-state index in [4.69, 9.17) is 0 Å². The van der Waals surface area contributed by atoms with Crippen LogP contribution in [0.4, 0.5) is 0 Å². The van der Waals surface area contributed by atoms with Crippen LogP contribution >= 0.6 is 0 Å². The van der Waals surface area contributed by atoms with E-state index in [1.807, 2.05) is 0 Å². The van der Waals surface area contributed by atoms with Crippen LogP contribution < -0.4 is 10.5 Å². The topological polar surface area (TPSA) is 12.0 Å². The maximum Gasteiger partial charge on any atom is 0.0775 e. The number of benzene rings is 1. The molecule has 1 aliphatic carbocycles. The average molecular weight is 290 g/mol. The smallest absolute Gasteiger partial charge is 0.0775 e. The third-order valence-electron chi connectivity index (χ3n) is 4.75. The minimum absolute atomic E-state index is 0.717. The molecule has 20 heavy (non-hydrogen) atoms. The van der Waals surface area contributed by atoms with Gasteiger partial charge in [-0.25, -0.2) is 0 Å². The molecule has 0 heterocycles. The van der Waals surface area contributed by atoms with E-state index in [-0.39, 0.29) is 0 Å². The van der Waals surface area contributed by atoms with Gasteiger partial charge < -0.3 is 5.32 Å². The van der Waals surface area contributed by atoms with Crippen molar-refractivity contribution in [3.05, 3.63) is 29.8 Å². The minimum Gasteiger partial charge on any atom is -0.310 e. The lowest BCUT2D eigenvalue weighted by Gasteiger charge is -2.23. The predicted octanol–water partition coefficient (Wildman–Crippen LogP) is 4.29. The highest BCUT2D eigenvalue weighted by molar-refractivity contribution is 6.88. The Morgan fingerprint density at radius 1 is 1.00 bits per heavy atom. The molecule has 2 atom stereocenters. The number of hydrogen-bond acceptors (Lipinski definition) is 1. The summed E-state index contributed by atoms with van der Waals surface area (Å²) in [6.45, 7) is 10.7. The summed E-state index contributed by atoms with van der Waals surface area (Å²) in [5.41, 5.74) is 1.43. The monoisotopic (exact) mass is 289 g/mol. The Hall–Kier alpha value is -0.603. The van der Waals surface area contributed by atoms with Gasteiger partial charge >= 0.3 is 0 Å². The Bertz CT molecular complexity index is 404. The summed E-state index contributed by atoms with van der Waals surface area (Å²) < 4.78 is 0. The Morgan fingerprint density at radius 3 is 2.30 bits per heavy atom. The number of nitrogens with one attached hydrogen (secondary N) is 1. The van der Waals surface area contributed by atoms with Crippen molar-refractivity contribution in [2.45, 2.75) is 71.3 Å². The Kier molecular flexibility index (Phi) is 5.45. The molecule has 0 radical (unpaired) electrons. The normalized spacial score (nSPS) is 24.4. The first-order valence-corrected chi connectivity index (χ1v) is 11.8. The molecule has 1 aromatic rings. The van der Waals surface area contributed by atoms with E-state index in [0.29, 0.717) is 6.04 Å². The highest BCUT2D eigenvalue weighted by Crippen LogP contribution is 2.23. The van der Waals surface area contributed by atoms with Crippen molar-refractivity contribution in [1.82, 2.24) is 5.32 Å². The van der Waals surface area contributed by atoms with E-state index in [1.54, 1.807) is 5.19 Å². The first-order chi connectivity index (χ1) is 9.47.